The van der Waals surface area contributed by atoms with Gasteiger partial charge in [-0.25, -0.2) is 0 Å². The smallest absolute Gasteiger partial charge is 0.251 e. The number of alkyl halides is 1. The van der Waals surface area contributed by atoms with Gasteiger partial charge in [-0.05, 0) is 50.0 Å². The van der Waals surface area contributed by atoms with Crippen molar-refractivity contribution < 1.29 is 19.0 Å². The van der Waals surface area contributed by atoms with Gasteiger partial charge >= 0.3 is 0 Å². The Balaban J connectivity index is 1.23. The molecule has 0 bridgehead atoms. The second-order valence-electron chi connectivity index (χ2n) is 11.6. The molecule has 0 radical (unpaired) electrons. The Labute approximate surface area is 241 Å². The molecule has 0 saturated heterocycles. The van der Waals surface area contributed by atoms with Crippen molar-refractivity contribution in [2.75, 3.05) is 13.2 Å². The summed E-state index contributed by atoms with van der Waals surface area (Å²) in [6.45, 7) is 0.656. The highest BCUT2D eigenvalue weighted by Gasteiger charge is 2.36. The van der Waals surface area contributed by atoms with Gasteiger partial charge in [0.2, 0.25) is 11.8 Å². The van der Waals surface area contributed by atoms with Crippen LogP contribution >= 0.6 is 11.6 Å². The predicted molar refractivity (Wildman–Crippen MR) is 154 cm³/mol. The molecule has 3 aliphatic rings. The first-order chi connectivity index (χ1) is 19.4. The van der Waals surface area contributed by atoms with E-state index in [9.17, 15) is 14.3 Å². The van der Waals surface area contributed by atoms with Crippen molar-refractivity contribution in [2.24, 2.45) is 17.8 Å². The van der Waals surface area contributed by atoms with Crippen LogP contribution in [0.5, 0.6) is 5.88 Å². The summed E-state index contributed by atoms with van der Waals surface area (Å²) in [6, 6.07) is 11.9. The number of carbonyl (C=O) groups excluding carboxylic acids is 1. The van der Waals surface area contributed by atoms with Crippen LogP contribution in [0, 0.1) is 35.5 Å². The van der Waals surface area contributed by atoms with Gasteiger partial charge in [-0.1, -0.05) is 49.1 Å². The van der Waals surface area contributed by atoms with Crippen molar-refractivity contribution in [3.63, 3.8) is 0 Å². The van der Waals surface area contributed by atoms with Gasteiger partial charge in [0.15, 0.2) is 0 Å². The second-order valence-corrected chi connectivity index (χ2v) is 12.1. The van der Waals surface area contributed by atoms with Crippen molar-refractivity contribution in [1.29, 1.82) is 0 Å². The molecule has 3 N–H and O–H groups in total. The van der Waals surface area contributed by atoms with Gasteiger partial charge in [-0.3, -0.25) is 4.79 Å². The van der Waals surface area contributed by atoms with Gasteiger partial charge in [0, 0.05) is 53.9 Å². The minimum absolute atomic E-state index is 0.0499. The van der Waals surface area contributed by atoms with E-state index in [1.807, 2.05) is 30.3 Å². The molecule has 3 aliphatic carbocycles. The number of hydrogen-bond donors (Lipinski definition) is 3. The fraction of sp³-hybridized carbons (Fsp3) is 0.562. The van der Waals surface area contributed by atoms with E-state index < -0.39 is 24.0 Å². The fourth-order valence-corrected chi connectivity index (χ4v) is 5.58. The Morgan fingerprint density at radius 3 is 2.70 bits per heavy atom. The Morgan fingerprint density at radius 1 is 1.18 bits per heavy atom. The molecule has 8 heteroatoms. The molecule has 40 heavy (non-hydrogen) atoms. The normalized spacial score (nSPS) is 25.3. The number of benzene rings is 1. The topological polar surface area (TPSA) is 83.5 Å². The average Bonchev–Trinajstić information content (AvgIpc) is 3.89. The maximum atomic E-state index is 14.3. The van der Waals surface area contributed by atoms with E-state index in [1.54, 1.807) is 0 Å². The summed E-state index contributed by atoms with van der Waals surface area (Å²) in [7, 11) is 0. The number of nitrogens with zero attached hydrogens (tertiary/aromatic N) is 1. The first kappa shape index (κ1) is 28.9. The van der Waals surface area contributed by atoms with Crippen LogP contribution in [0.3, 0.4) is 0 Å². The predicted octanol–water partition coefficient (Wildman–Crippen LogP) is 4.88. The van der Waals surface area contributed by atoms with Gasteiger partial charge in [-0.2, -0.15) is 9.37 Å². The third kappa shape index (κ3) is 8.67. The molecule has 1 amide bonds. The summed E-state index contributed by atoms with van der Waals surface area (Å²) in [5.74, 6) is 6.95. The summed E-state index contributed by atoms with van der Waals surface area (Å²) in [4.78, 5) is 17.0. The van der Waals surface area contributed by atoms with Gasteiger partial charge in [-0.15, -0.1) is 17.5 Å². The van der Waals surface area contributed by atoms with Gasteiger partial charge in [0.1, 0.15) is 0 Å². The zero-order valence-electron chi connectivity index (χ0n) is 22.8. The molecular weight excluding hydrogens is 529 g/mol. The molecular formula is C32H39ClFN3O3. The molecule has 6 nitrogen and oxygen atoms in total. The zero-order chi connectivity index (χ0) is 27.9. The highest BCUT2D eigenvalue weighted by Crippen LogP contribution is 2.36. The van der Waals surface area contributed by atoms with Crippen molar-refractivity contribution in [3.05, 3.63) is 59.5 Å². The van der Waals surface area contributed by atoms with E-state index in [0.29, 0.717) is 19.6 Å². The third-order valence-corrected chi connectivity index (χ3v) is 8.66. The van der Waals surface area contributed by atoms with Crippen LogP contribution in [-0.2, 0) is 6.42 Å². The van der Waals surface area contributed by atoms with Crippen LogP contribution in [0.2, 0.25) is 0 Å². The van der Waals surface area contributed by atoms with E-state index in [4.69, 9.17) is 16.3 Å². The standard InChI is InChI=1S/C32H39ClFN3O3/c33-26-16-25(26)20-40-31-18-24(17-30(34)37-31)32(39)36-28(15-22-7-2-1-3-8-22)29(38)19-35-27-12-5-4-10-23(27)11-6-9-21-13-14-21/h1-3,7-8,17-18,21,23,25-29,35,38H,4-5,9-10,12-16,19-20H2,(H,36,39). The number of amides is 1. The summed E-state index contributed by atoms with van der Waals surface area (Å²) in [5.41, 5.74) is 1.08. The quantitative estimate of drug-likeness (QED) is 0.193. The number of nitrogens with one attached hydrogen (secondary N) is 2. The van der Waals surface area contributed by atoms with Gasteiger partial charge < -0.3 is 20.5 Å². The fourth-order valence-electron chi connectivity index (χ4n) is 5.28. The highest BCUT2D eigenvalue weighted by atomic mass is 35.5. The monoisotopic (exact) mass is 567 g/mol. The Hall–Kier alpha value is -2.66. The van der Waals surface area contributed by atoms with Crippen LogP contribution in [0.4, 0.5) is 4.39 Å². The lowest BCUT2D eigenvalue weighted by Gasteiger charge is -2.31. The molecule has 2 aromatic rings. The molecule has 3 fully saturated rings. The van der Waals surface area contributed by atoms with Crippen molar-refractivity contribution in [2.45, 2.75) is 81.4 Å². The first-order valence-corrected chi connectivity index (χ1v) is 15.1. The minimum atomic E-state index is -0.857. The number of pyridine rings is 1. The summed E-state index contributed by atoms with van der Waals surface area (Å²) >= 11 is 6.03. The molecule has 3 saturated carbocycles. The third-order valence-electron chi connectivity index (χ3n) is 8.12. The maximum Gasteiger partial charge on any atom is 0.251 e. The Morgan fingerprint density at radius 2 is 1.95 bits per heavy atom. The minimum Gasteiger partial charge on any atom is -0.477 e. The summed E-state index contributed by atoms with van der Waals surface area (Å²) < 4.78 is 19.9. The van der Waals surface area contributed by atoms with E-state index in [-0.39, 0.29) is 34.7 Å². The van der Waals surface area contributed by atoms with Crippen molar-refractivity contribution in [3.8, 4) is 17.7 Å². The average molecular weight is 568 g/mol. The molecule has 1 heterocycles. The lowest BCUT2D eigenvalue weighted by Crippen LogP contribution is -2.51. The lowest BCUT2D eigenvalue weighted by atomic mass is 9.84. The van der Waals surface area contributed by atoms with Crippen molar-refractivity contribution >= 4 is 17.5 Å². The van der Waals surface area contributed by atoms with E-state index >= 15 is 0 Å². The van der Waals surface area contributed by atoms with Crippen LogP contribution in [0.25, 0.3) is 0 Å². The van der Waals surface area contributed by atoms with Crippen LogP contribution in [0.15, 0.2) is 42.5 Å². The molecule has 5 rings (SSSR count). The number of hydrogen-bond acceptors (Lipinski definition) is 5. The molecule has 6 unspecified atom stereocenters. The molecule has 1 aromatic heterocycles. The van der Waals surface area contributed by atoms with E-state index in [2.05, 4.69) is 27.5 Å². The second kappa shape index (κ2) is 13.8. The molecule has 6 atom stereocenters. The SMILES string of the molecule is O=C(NC(Cc1ccccc1)C(O)CNC1CCCCC1C#CCC1CC1)c1cc(F)nc(OCC2CC2Cl)c1. The number of aliphatic hydroxyl groups excluding tert-OH is 1. The number of rotatable bonds is 12. The van der Waals surface area contributed by atoms with Crippen LogP contribution in [0.1, 0.15) is 67.3 Å². The number of ether oxygens (including phenoxy) is 1. The number of carbonyl (C=O) groups is 1. The summed E-state index contributed by atoms with van der Waals surface area (Å²) in [5, 5.41) is 17.9. The van der Waals surface area contributed by atoms with E-state index in [0.717, 1.165) is 49.7 Å². The van der Waals surface area contributed by atoms with Crippen LogP contribution in [-0.4, -0.2) is 52.7 Å². The van der Waals surface area contributed by atoms with Crippen LogP contribution < -0.4 is 15.4 Å². The maximum absolute atomic E-state index is 14.3. The van der Waals surface area contributed by atoms with Gasteiger partial charge in [0.25, 0.3) is 5.91 Å². The first-order valence-electron chi connectivity index (χ1n) is 14.6. The molecule has 1 aromatic carbocycles. The van der Waals surface area contributed by atoms with E-state index in [1.165, 1.54) is 25.3 Å². The van der Waals surface area contributed by atoms with Gasteiger partial charge in [0.05, 0.1) is 18.8 Å². The molecule has 0 spiro atoms. The Bertz CT molecular complexity index is 1200. The Kier molecular flexibility index (Phi) is 9.96. The van der Waals surface area contributed by atoms with Crippen molar-refractivity contribution in [1.82, 2.24) is 15.6 Å². The lowest BCUT2D eigenvalue weighted by molar-refractivity contribution is 0.0815. The molecule has 0 aliphatic heterocycles. The number of aliphatic hydroxyl groups is 1. The largest absolute Gasteiger partial charge is 0.477 e. The highest BCUT2D eigenvalue weighted by molar-refractivity contribution is 6.22. The zero-order valence-corrected chi connectivity index (χ0v) is 23.6. The summed E-state index contributed by atoms with van der Waals surface area (Å²) in [6.07, 6.45) is 8.44. The molecule has 214 valence electrons. The number of aromatic nitrogens is 1. The number of halogens is 2.